The Hall–Kier alpha value is -3.29. The first kappa shape index (κ1) is 22.4. The van der Waals surface area contributed by atoms with E-state index >= 15 is 0 Å². The Morgan fingerprint density at radius 2 is 1.68 bits per heavy atom. The molecule has 3 rings (SSSR count). The quantitative estimate of drug-likeness (QED) is 0.725. The molecule has 2 aromatic rings. The number of nitrogens with zero attached hydrogens (tertiary/aromatic N) is 1. The number of carbonyl (C=O) groups excluding carboxylic acids is 3. The predicted molar refractivity (Wildman–Crippen MR) is 114 cm³/mol. The van der Waals surface area contributed by atoms with Gasteiger partial charge in [0.05, 0.1) is 5.56 Å². The maximum atomic E-state index is 12.4. The first-order valence-corrected chi connectivity index (χ1v) is 10.3. The van der Waals surface area contributed by atoms with Crippen molar-refractivity contribution in [2.75, 3.05) is 18.4 Å². The van der Waals surface area contributed by atoms with Crippen molar-refractivity contribution in [3.63, 3.8) is 0 Å². The highest BCUT2D eigenvalue weighted by molar-refractivity contribution is 6.02. The number of hydrogen-bond acceptors (Lipinski definition) is 6. The van der Waals surface area contributed by atoms with E-state index in [0.29, 0.717) is 42.9 Å². The van der Waals surface area contributed by atoms with Crippen LogP contribution >= 0.6 is 0 Å². The van der Waals surface area contributed by atoms with Crippen molar-refractivity contribution in [3.05, 3.63) is 53.5 Å². The molecule has 0 radical (unpaired) electrons. The fourth-order valence-electron chi connectivity index (χ4n) is 3.14. The van der Waals surface area contributed by atoms with E-state index in [9.17, 15) is 14.4 Å². The molecule has 31 heavy (non-hydrogen) atoms. The van der Waals surface area contributed by atoms with Crippen molar-refractivity contribution in [1.29, 1.82) is 0 Å². The molecule has 1 N–H and O–H groups in total. The van der Waals surface area contributed by atoms with Crippen LogP contribution in [0.4, 0.5) is 10.5 Å². The zero-order valence-corrected chi connectivity index (χ0v) is 18.3. The fraction of sp³-hybridized carbons (Fsp3) is 0.435. The van der Waals surface area contributed by atoms with Crippen molar-refractivity contribution < 1.29 is 28.3 Å². The molecule has 8 nitrogen and oxygen atoms in total. The average Bonchev–Trinajstić information content (AvgIpc) is 3.14. The van der Waals surface area contributed by atoms with Gasteiger partial charge in [-0.25, -0.2) is 9.59 Å². The zero-order chi connectivity index (χ0) is 22.6. The molecule has 0 saturated carbocycles. The van der Waals surface area contributed by atoms with Crippen LogP contribution in [0.25, 0.3) is 0 Å². The Balaban J connectivity index is 1.48. The lowest BCUT2D eigenvalue weighted by Crippen LogP contribution is -2.43. The van der Waals surface area contributed by atoms with Crippen molar-refractivity contribution in [2.24, 2.45) is 0 Å². The van der Waals surface area contributed by atoms with Gasteiger partial charge in [-0.1, -0.05) is 0 Å². The summed E-state index contributed by atoms with van der Waals surface area (Å²) in [5, 5.41) is 2.72. The summed E-state index contributed by atoms with van der Waals surface area (Å²) < 4.78 is 16.2. The lowest BCUT2D eigenvalue weighted by Gasteiger charge is -2.33. The summed E-state index contributed by atoms with van der Waals surface area (Å²) in [5.41, 5.74) is 0.394. The average molecular weight is 428 g/mol. The first-order chi connectivity index (χ1) is 14.6. The number of nitrogens with one attached hydrogen (secondary N) is 1. The van der Waals surface area contributed by atoms with Gasteiger partial charge in [-0.3, -0.25) is 4.79 Å². The summed E-state index contributed by atoms with van der Waals surface area (Å²) in [4.78, 5) is 38.3. The smallest absolute Gasteiger partial charge is 0.410 e. The molecule has 1 aromatic heterocycles. The molecular formula is C23H28N2O6. The van der Waals surface area contributed by atoms with Crippen LogP contribution in [0.2, 0.25) is 0 Å². The number of benzene rings is 1. The molecule has 0 aliphatic carbocycles. The van der Waals surface area contributed by atoms with Gasteiger partial charge in [0, 0.05) is 31.6 Å². The molecule has 1 aliphatic rings. The molecule has 2 heterocycles. The molecule has 2 amide bonds. The Morgan fingerprint density at radius 1 is 1.03 bits per heavy atom. The largest absolute Gasteiger partial charge is 0.459 e. The van der Waals surface area contributed by atoms with E-state index in [0.717, 1.165) is 0 Å². The number of carbonyl (C=O) groups is 3. The highest BCUT2D eigenvalue weighted by Crippen LogP contribution is 2.19. The summed E-state index contributed by atoms with van der Waals surface area (Å²) in [7, 11) is 0. The van der Waals surface area contributed by atoms with Crippen LogP contribution < -0.4 is 5.32 Å². The molecular weight excluding hydrogens is 400 g/mol. The van der Waals surface area contributed by atoms with Crippen LogP contribution in [0.15, 0.2) is 40.8 Å². The van der Waals surface area contributed by atoms with E-state index in [-0.39, 0.29) is 23.9 Å². The van der Waals surface area contributed by atoms with Crippen molar-refractivity contribution >= 4 is 23.7 Å². The monoisotopic (exact) mass is 428 g/mol. The second-order valence-electron chi connectivity index (χ2n) is 8.51. The number of esters is 1. The zero-order valence-electron chi connectivity index (χ0n) is 18.3. The number of hydrogen-bond donors (Lipinski definition) is 1. The summed E-state index contributed by atoms with van der Waals surface area (Å²) in [5.74, 6) is 0.0781. The SMILES string of the molecule is Cc1ccc(C(=O)Nc2ccc(C(=O)OC3CCN(C(=O)OC(C)(C)C)CC3)cc2)o1. The van der Waals surface area contributed by atoms with Gasteiger partial charge in [0.2, 0.25) is 0 Å². The molecule has 1 aliphatic heterocycles. The number of rotatable bonds is 4. The molecule has 1 saturated heterocycles. The minimum atomic E-state index is -0.539. The number of piperidine rings is 1. The standard InChI is InChI=1S/C23H28N2O6/c1-15-5-10-19(29-15)20(26)24-17-8-6-16(7-9-17)21(27)30-18-11-13-25(14-12-18)22(28)31-23(2,3)4/h5-10,18H,11-14H2,1-4H3,(H,24,26). The Bertz CT molecular complexity index is 934. The van der Waals surface area contributed by atoms with Gasteiger partial charge in [0.15, 0.2) is 5.76 Å². The summed E-state index contributed by atoms with van der Waals surface area (Å²) in [6, 6.07) is 9.78. The van der Waals surface area contributed by atoms with Crippen LogP contribution in [-0.4, -0.2) is 47.7 Å². The minimum Gasteiger partial charge on any atom is -0.459 e. The van der Waals surface area contributed by atoms with Gasteiger partial charge in [0.1, 0.15) is 17.5 Å². The number of amides is 2. The first-order valence-electron chi connectivity index (χ1n) is 10.3. The van der Waals surface area contributed by atoms with Gasteiger partial charge < -0.3 is 24.1 Å². The molecule has 0 bridgehead atoms. The Kier molecular flexibility index (Phi) is 6.68. The normalized spacial score (nSPS) is 14.8. The molecule has 1 aromatic carbocycles. The van der Waals surface area contributed by atoms with Gasteiger partial charge in [-0.05, 0) is 64.1 Å². The van der Waals surface area contributed by atoms with E-state index < -0.39 is 11.6 Å². The maximum absolute atomic E-state index is 12.4. The second kappa shape index (κ2) is 9.24. The maximum Gasteiger partial charge on any atom is 0.410 e. The van der Waals surface area contributed by atoms with Gasteiger partial charge in [-0.2, -0.15) is 0 Å². The molecule has 166 valence electrons. The van der Waals surface area contributed by atoms with Crippen LogP contribution in [0, 0.1) is 6.92 Å². The lowest BCUT2D eigenvalue weighted by molar-refractivity contribution is -0.00341. The summed E-state index contributed by atoms with van der Waals surface area (Å²) in [6.45, 7) is 8.20. The van der Waals surface area contributed by atoms with Crippen LogP contribution in [0.3, 0.4) is 0 Å². The van der Waals surface area contributed by atoms with E-state index in [1.54, 1.807) is 48.2 Å². The summed E-state index contributed by atoms with van der Waals surface area (Å²) >= 11 is 0. The van der Waals surface area contributed by atoms with E-state index in [4.69, 9.17) is 13.9 Å². The molecule has 1 fully saturated rings. The van der Waals surface area contributed by atoms with E-state index in [1.807, 2.05) is 20.8 Å². The topological polar surface area (TPSA) is 98.1 Å². The third kappa shape index (κ3) is 6.34. The number of furan rings is 1. The number of likely N-dealkylation sites (tertiary alicyclic amines) is 1. The van der Waals surface area contributed by atoms with Crippen LogP contribution in [-0.2, 0) is 9.47 Å². The van der Waals surface area contributed by atoms with Gasteiger partial charge in [0.25, 0.3) is 5.91 Å². The van der Waals surface area contributed by atoms with Crippen molar-refractivity contribution in [3.8, 4) is 0 Å². The summed E-state index contributed by atoms with van der Waals surface area (Å²) in [6.07, 6.45) is 0.510. The van der Waals surface area contributed by atoms with Crippen molar-refractivity contribution in [2.45, 2.75) is 52.2 Å². The lowest BCUT2D eigenvalue weighted by atomic mass is 10.1. The molecule has 8 heteroatoms. The van der Waals surface area contributed by atoms with Gasteiger partial charge >= 0.3 is 12.1 Å². The third-order valence-corrected chi connectivity index (χ3v) is 4.71. The highest BCUT2D eigenvalue weighted by atomic mass is 16.6. The van der Waals surface area contributed by atoms with Crippen LogP contribution in [0.1, 0.15) is 60.3 Å². The van der Waals surface area contributed by atoms with E-state index in [2.05, 4.69) is 5.32 Å². The molecule has 0 unspecified atom stereocenters. The van der Waals surface area contributed by atoms with Crippen LogP contribution in [0.5, 0.6) is 0 Å². The third-order valence-electron chi connectivity index (χ3n) is 4.71. The predicted octanol–water partition coefficient (Wildman–Crippen LogP) is 4.40. The number of aryl methyl sites for hydroxylation is 1. The van der Waals surface area contributed by atoms with Gasteiger partial charge in [-0.15, -0.1) is 0 Å². The number of ether oxygens (including phenoxy) is 2. The molecule has 0 spiro atoms. The molecule has 0 atom stereocenters. The highest BCUT2D eigenvalue weighted by Gasteiger charge is 2.28. The Morgan fingerprint density at radius 3 is 2.23 bits per heavy atom. The second-order valence-corrected chi connectivity index (χ2v) is 8.51. The number of anilines is 1. The van der Waals surface area contributed by atoms with Crippen molar-refractivity contribution in [1.82, 2.24) is 4.90 Å². The Labute approximate surface area is 181 Å². The minimum absolute atomic E-state index is 0.221. The fourth-order valence-corrected chi connectivity index (χ4v) is 3.14. The van der Waals surface area contributed by atoms with E-state index in [1.165, 1.54) is 0 Å².